The fourth-order valence-electron chi connectivity index (χ4n) is 2.68. The minimum absolute atomic E-state index is 0.0173. The van der Waals surface area contributed by atoms with Crippen LogP contribution in [0.2, 0.25) is 0 Å². The summed E-state index contributed by atoms with van der Waals surface area (Å²) in [5.41, 5.74) is 0.500. The first-order valence-corrected chi connectivity index (χ1v) is 8.76. The van der Waals surface area contributed by atoms with E-state index in [-0.39, 0.29) is 5.56 Å². The van der Waals surface area contributed by atoms with Crippen molar-refractivity contribution < 1.29 is 13.9 Å². The van der Waals surface area contributed by atoms with E-state index in [1.54, 1.807) is 66.6 Å². The van der Waals surface area contributed by atoms with E-state index in [4.69, 9.17) is 4.74 Å². The van der Waals surface area contributed by atoms with Gasteiger partial charge in [-0.2, -0.15) is 4.98 Å². The van der Waals surface area contributed by atoms with Gasteiger partial charge in [0, 0.05) is 24.1 Å². The Balaban J connectivity index is 1.48. The Hall–Kier alpha value is -4.07. The number of benzene rings is 2. The second kappa shape index (κ2) is 7.89. The molecule has 1 amide bonds. The first-order valence-electron chi connectivity index (χ1n) is 8.76. The lowest BCUT2D eigenvalue weighted by atomic mass is 10.2. The maximum Gasteiger partial charge on any atom is 0.258 e. The summed E-state index contributed by atoms with van der Waals surface area (Å²) in [6.45, 7) is 1.77. The molecular formula is C21H16FN5O2. The molecule has 0 radical (unpaired) electrons. The molecule has 2 aromatic heterocycles. The van der Waals surface area contributed by atoms with Crippen LogP contribution in [-0.4, -0.2) is 25.4 Å². The van der Waals surface area contributed by atoms with Crippen LogP contribution in [0.1, 0.15) is 16.2 Å². The molecule has 2 aromatic carbocycles. The lowest BCUT2D eigenvalue weighted by Gasteiger charge is -2.10. The second-order valence-corrected chi connectivity index (χ2v) is 6.14. The number of aryl methyl sites for hydroxylation is 1. The Morgan fingerprint density at radius 3 is 2.62 bits per heavy atom. The Bertz CT molecular complexity index is 1140. The summed E-state index contributed by atoms with van der Waals surface area (Å²) in [7, 11) is 0. The van der Waals surface area contributed by atoms with Gasteiger partial charge in [-0.3, -0.25) is 9.36 Å². The van der Waals surface area contributed by atoms with E-state index in [0.29, 0.717) is 29.0 Å². The van der Waals surface area contributed by atoms with Gasteiger partial charge in [0.25, 0.3) is 5.91 Å². The molecule has 4 aromatic rings. The molecule has 0 bridgehead atoms. The first kappa shape index (κ1) is 18.3. The number of halogens is 1. The SMILES string of the molecule is Cc1nc(Oc2ccc(NC(=O)c3ccccc3F)cc2)cc(-n2ccnc2)n1. The molecule has 1 N–H and O–H groups in total. The Kier molecular flexibility index (Phi) is 4.98. The van der Waals surface area contributed by atoms with Crippen molar-refractivity contribution in [2.45, 2.75) is 6.92 Å². The number of ether oxygens (including phenoxy) is 1. The average molecular weight is 389 g/mol. The van der Waals surface area contributed by atoms with Crippen LogP contribution in [0.4, 0.5) is 10.1 Å². The van der Waals surface area contributed by atoms with Crippen molar-refractivity contribution in [1.29, 1.82) is 0 Å². The number of carbonyl (C=O) groups is 1. The number of aromatic nitrogens is 4. The van der Waals surface area contributed by atoms with Crippen LogP contribution in [0.25, 0.3) is 5.82 Å². The predicted octanol–water partition coefficient (Wildman–Crippen LogP) is 4.15. The largest absolute Gasteiger partial charge is 0.439 e. The molecule has 0 aliphatic carbocycles. The van der Waals surface area contributed by atoms with E-state index >= 15 is 0 Å². The van der Waals surface area contributed by atoms with Crippen molar-refractivity contribution in [3.05, 3.63) is 90.5 Å². The lowest BCUT2D eigenvalue weighted by molar-refractivity contribution is 0.102. The highest BCUT2D eigenvalue weighted by Crippen LogP contribution is 2.23. The second-order valence-electron chi connectivity index (χ2n) is 6.14. The van der Waals surface area contributed by atoms with Gasteiger partial charge >= 0.3 is 0 Å². The van der Waals surface area contributed by atoms with Gasteiger partial charge in [0.1, 0.15) is 29.5 Å². The molecule has 0 unspecified atom stereocenters. The van der Waals surface area contributed by atoms with Gasteiger partial charge in [0.15, 0.2) is 0 Å². The molecule has 0 fully saturated rings. The highest BCUT2D eigenvalue weighted by atomic mass is 19.1. The number of rotatable bonds is 5. The highest BCUT2D eigenvalue weighted by Gasteiger charge is 2.11. The summed E-state index contributed by atoms with van der Waals surface area (Å²) in [4.78, 5) is 24.8. The molecule has 144 valence electrons. The molecule has 29 heavy (non-hydrogen) atoms. The fraction of sp³-hybridized carbons (Fsp3) is 0.0476. The number of amides is 1. The summed E-state index contributed by atoms with van der Waals surface area (Å²) in [6.07, 6.45) is 5.07. The number of hydrogen-bond donors (Lipinski definition) is 1. The Labute approximate surface area is 165 Å². The standard InChI is InChI=1S/C21H16FN5O2/c1-14-24-19(27-11-10-23-13-27)12-20(25-14)29-16-8-6-15(7-9-16)26-21(28)17-4-2-3-5-18(17)22/h2-13H,1H3,(H,26,28). The number of imidazole rings is 1. The number of anilines is 1. The van der Waals surface area contributed by atoms with Crippen molar-refractivity contribution in [2.75, 3.05) is 5.32 Å². The molecular weight excluding hydrogens is 373 g/mol. The van der Waals surface area contributed by atoms with Crippen molar-refractivity contribution >= 4 is 11.6 Å². The fourth-order valence-corrected chi connectivity index (χ4v) is 2.68. The third kappa shape index (κ3) is 4.27. The van der Waals surface area contributed by atoms with E-state index in [0.717, 1.165) is 0 Å². The van der Waals surface area contributed by atoms with Crippen LogP contribution < -0.4 is 10.1 Å². The lowest BCUT2D eigenvalue weighted by Crippen LogP contribution is -2.13. The first-order chi connectivity index (χ1) is 14.1. The highest BCUT2D eigenvalue weighted by molar-refractivity contribution is 6.04. The molecule has 0 saturated heterocycles. The minimum atomic E-state index is -0.571. The summed E-state index contributed by atoms with van der Waals surface area (Å²) in [5, 5.41) is 2.66. The third-order valence-electron chi connectivity index (χ3n) is 4.02. The maximum absolute atomic E-state index is 13.7. The van der Waals surface area contributed by atoms with Gasteiger partial charge in [-0.25, -0.2) is 14.4 Å². The number of carbonyl (C=O) groups excluding carboxylic acids is 1. The molecule has 2 heterocycles. The zero-order valence-corrected chi connectivity index (χ0v) is 15.4. The van der Waals surface area contributed by atoms with Gasteiger partial charge in [-0.1, -0.05) is 12.1 Å². The van der Waals surface area contributed by atoms with Gasteiger partial charge < -0.3 is 10.1 Å². The van der Waals surface area contributed by atoms with E-state index in [1.807, 2.05) is 0 Å². The molecule has 4 rings (SSSR count). The van der Waals surface area contributed by atoms with Crippen molar-refractivity contribution in [3.63, 3.8) is 0 Å². The van der Waals surface area contributed by atoms with Crippen LogP contribution >= 0.6 is 0 Å². The van der Waals surface area contributed by atoms with E-state index in [9.17, 15) is 9.18 Å². The molecule has 7 nitrogen and oxygen atoms in total. The zero-order valence-electron chi connectivity index (χ0n) is 15.4. The van der Waals surface area contributed by atoms with Crippen molar-refractivity contribution in [2.24, 2.45) is 0 Å². The molecule has 0 aliphatic heterocycles. The van der Waals surface area contributed by atoms with E-state index in [2.05, 4.69) is 20.3 Å². The predicted molar refractivity (Wildman–Crippen MR) is 105 cm³/mol. The summed E-state index contributed by atoms with van der Waals surface area (Å²) in [5.74, 6) is 1.01. The topological polar surface area (TPSA) is 81.9 Å². The Morgan fingerprint density at radius 1 is 1.10 bits per heavy atom. The Morgan fingerprint density at radius 2 is 1.90 bits per heavy atom. The van der Waals surface area contributed by atoms with Gasteiger partial charge in [0.2, 0.25) is 5.88 Å². The van der Waals surface area contributed by atoms with Crippen LogP contribution in [0, 0.1) is 12.7 Å². The summed E-state index contributed by atoms with van der Waals surface area (Å²) < 4.78 is 21.3. The molecule has 0 aliphatic rings. The molecule has 0 saturated carbocycles. The average Bonchev–Trinajstić information content (AvgIpc) is 3.24. The van der Waals surface area contributed by atoms with Crippen LogP contribution in [-0.2, 0) is 0 Å². The number of nitrogens with one attached hydrogen (secondary N) is 1. The van der Waals surface area contributed by atoms with Crippen LogP contribution in [0.5, 0.6) is 11.6 Å². The zero-order chi connectivity index (χ0) is 20.2. The summed E-state index contributed by atoms with van der Waals surface area (Å²) >= 11 is 0. The van der Waals surface area contributed by atoms with Gasteiger partial charge in [-0.05, 0) is 43.3 Å². The number of hydrogen-bond acceptors (Lipinski definition) is 5. The normalized spacial score (nSPS) is 10.6. The van der Waals surface area contributed by atoms with Crippen LogP contribution in [0.15, 0.2) is 73.3 Å². The van der Waals surface area contributed by atoms with Crippen molar-refractivity contribution in [1.82, 2.24) is 19.5 Å². The van der Waals surface area contributed by atoms with Crippen molar-refractivity contribution in [3.8, 4) is 17.4 Å². The van der Waals surface area contributed by atoms with Gasteiger partial charge in [-0.15, -0.1) is 0 Å². The number of nitrogens with zero attached hydrogens (tertiary/aromatic N) is 4. The maximum atomic E-state index is 13.7. The van der Waals surface area contributed by atoms with Crippen LogP contribution in [0.3, 0.4) is 0 Å². The third-order valence-corrected chi connectivity index (χ3v) is 4.02. The van der Waals surface area contributed by atoms with E-state index in [1.165, 1.54) is 18.2 Å². The monoisotopic (exact) mass is 389 g/mol. The van der Waals surface area contributed by atoms with Gasteiger partial charge in [0.05, 0.1) is 5.56 Å². The smallest absolute Gasteiger partial charge is 0.258 e. The molecule has 0 atom stereocenters. The molecule has 8 heteroatoms. The van der Waals surface area contributed by atoms with E-state index < -0.39 is 11.7 Å². The summed E-state index contributed by atoms with van der Waals surface area (Å²) in [6, 6.07) is 14.2. The quantitative estimate of drug-likeness (QED) is 0.554. The minimum Gasteiger partial charge on any atom is -0.439 e. The molecule has 0 spiro atoms.